The SMILES string of the molecule is O[Si](O)(O)O.[KH].[SrH2]. The molecule has 0 saturated heterocycles. The molecule has 0 atom stereocenters. The van der Waals surface area contributed by atoms with Gasteiger partial charge in [0.2, 0.25) is 0 Å². The van der Waals surface area contributed by atoms with E-state index in [1.165, 1.54) is 0 Å². The van der Waals surface area contributed by atoms with E-state index in [1.807, 2.05) is 0 Å². The first kappa shape index (κ1) is 16.6. The van der Waals surface area contributed by atoms with Crippen LogP contribution in [0.4, 0.5) is 0 Å². The van der Waals surface area contributed by atoms with Crippen molar-refractivity contribution in [2.75, 3.05) is 0 Å². The molecule has 0 fully saturated rings. The van der Waals surface area contributed by atoms with E-state index in [0.717, 1.165) is 0 Å². The van der Waals surface area contributed by atoms with Crippen LogP contribution in [0.1, 0.15) is 0 Å². The van der Waals surface area contributed by atoms with Gasteiger partial charge in [0.25, 0.3) is 0 Å². The maximum atomic E-state index is 7.33. The van der Waals surface area contributed by atoms with E-state index >= 15 is 0 Å². The van der Waals surface area contributed by atoms with Gasteiger partial charge in [-0.15, -0.1) is 0 Å². The molecule has 0 aromatic heterocycles. The molecule has 0 aromatic rings. The van der Waals surface area contributed by atoms with Crippen molar-refractivity contribution in [1.82, 2.24) is 0 Å². The van der Waals surface area contributed by atoms with Gasteiger partial charge in [-0.05, 0) is 0 Å². The summed E-state index contributed by atoms with van der Waals surface area (Å²) >= 11 is 0. The van der Waals surface area contributed by atoms with Crippen molar-refractivity contribution in [3.05, 3.63) is 0 Å². The molecule has 0 unspecified atom stereocenters. The van der Waals surface area contributed by atoms with Gasteiger partial charge in [-0.3, -0.25) is 0 Å². The van der Waals surface area contributed by atoms with Crippen molar-refractivity contribution in [2.24, 2.45) is 0 Å². The van der Waals surface area contributed by atoms with Crippen LogP contribution in [0.5, 0.6) is 0 Å². The topological polar surface area (TPSA) is 80.9 Å². The molecule has 0 aliphatic heterocycles. The van der Waals surface area contributed by atoms with E-state index in [9.17, 15) is 0 Å². The van der Waals surface area contributed by atoms with Gasteiger partial charge in [-0.2, -0.15) is 0 Å². The summed E-state index contributed by atoms with van der Waals surface area (Å²) in [6, 6.07) is 0. The second-order valence-corrected chi connectivity index (χ2v) is 1.80. The van der Waals surface area contributed by atoms with Gasteiger partial charge in [-0.25, -0.2) is 0 Å². The fraction of sp³-hybridized carbons (Fsp3) is 0. The van der Waals surface area contributed by atoms with Gasteiger partial charge in [0.05, 0.1) is 0 Å². The van der Waals surface area contributed by atoms with Crippen molar-refractivity contribution in [3.8, 4) is 0 Å². The molecule has 4 nitrogen and oxygen atoms in total. The van der Waals surface area contributed by atoms with Crippen LogP contribution in [0.2, 0.25) is 0 Å². The van der Waals surface area contributed by atoms with Gasteiger partial charge < -0.3 is 19.2 Å². The average Bonchev–Trinajstić information content (AvgIpc) is 0.722. The van der Waals surface area contributed by atoms with E-state index in [-0.39, 0.29) is 96.9 Å². The van der Waals surface area contributed by atoms with Gasteiger partial charge in [0.15, 0.2) is 0 Å². The fourth-order valence-electron chi connectivity index (χ4n) is 0. The number of rotatable bonds is 0. The summed E-state index contributed by atoms with van der Waals surface area (Å²) in [6.07, 6.45) is 0. The Balaban J connectivity index is -0.0000000800. The first-order chi connectivity index (χ1) is 2.00. The van der Waals surface area contributed by atoms with Crippen LogP contribution in [0, 0.1) is 0 Å². The summed E-state index contributed by atoms with van der Waals surface area (Å²) in [6.45, 7) is 0. The molecule has 0 rings (SSSR count). The molecular weight excluding hydrogens is 219 g/mol. The molecule has 0 aliphatic rings. The fourth-order valence-corrected chi connectivity index (χ4v) is 0. The Labute approximate surface area is 122 Å². The molecule has 0 amide bonds. The Morgan fingerprint density at radius 2 is 0.857 bits per heavy atom. The zero-order chi connectivity index (χ0) is 4.50. The molecule has 38 valence electrons. The number of hydrogen-bond acceptors (Lipinski definition) is 4. The molecule has 0 heterocycles. The molecule has 0 spiro atoms. The third-order valence-electron chi connectivity index (χ3n) is 0. The summed E-state index contributed by atoms with van der Waals surface area (Å²) in [5, 5.41) is 0. The van der Waals surface area contributed by atoms with Crippen LogP contribution in [0.25, 0.3) is 0 Å². The second-order valence-electron chi connectivity index (χ2n) is 0.600. The van der Waals surface area contributed by atoms with Crippen LogP contribution in [0.15, 0.2) is 0 Å². The predicted molar refractivity (Wildman–Crippen MR) is 30.3 cm³/mol. The number of hydrogen-bond donors (Lipinski definition) is 4. The van der Waals surface area contributed by atoms with E-state index in [1.54, 1.807) is 0 Å². The van der Waals surface area contributed by atoms with Gasteiger partial charge in [0.1, 0.15) is 0 Å². The van der Waals surface area contributed by atoms with Crippen molar-refractivity contribution in [3.63, 3.8) is 0 Å². The predicted octanol–water partition coefficient (Wildman–Crippen LogP) is -4.17. The van der Waals surface area contributed by atoms with Gasteiger partial charge in [0, 0.05) is 0 Å². The Morgan fingerprint density at radius 3 is 0.857 bits per heavy atom. The third-order valence-corrected chi connectivity index (χ3v) is 0. The van der Waals surface area contributed by atoms with Crippen molar-refractivity contribution >= 4 is 106 Å². The van der Waals surface area contributed by atoms with E-state index in [4.69, 9.17) is 19.2 Å². The molecule has 0 bridgehead atoms. The summed E-state index contributed by atoms with van der Waals surface area (Å²) in [7, 11) is -4.61. The maximum absolute atomic E-state index is 7.33. The van der Waals surface area contributed by atoms with Gasteiger partial charge in [-0.1, -0.05) is 0 Å². The van der Waals surface area contributed by atoms with Gasteiger partial charge >= 0.3 is 106 Å². The monoisotopic (exact) mass is 226 g/mol. The zero-order valence-corrected chi connectivity index (χ0v) is 3.29. The van der Waals surface area contributed by atoms with Crippen LogP contribution >= 0.6 is 0 Å². The molecule has 0 radical (unpaired) electrons. The average molecular weight is 226 g/mol. The molecule has 0 aliphatic carbocycles. The van der Waals surface area contributed by atoms with E-state index in [0.29, 0.717) is 0 Å². The Bertz CT molecular complexity index is 27.2. The molecule has 4 N–H and O–H groups in total. The van der Waals surface area contributed by atoms with Crippen molar-refractivity contribution in [1.29, 1.82) is 0 Å². The van der Waals surface area contributed by atoms with Crippen LogP contribution in [-0.4, -0.2) is 125 Å². The first-order valence-corrected chi connectivity index (χ1v) is 2.68. The van der Waals surface area contributed by atoms with E-state index < -0.39 is 9.05 Å². The van der Waals surface area contributed by atoms with Crippen LogP contribution in [-0.2, 0) is 0 Å². The second kappa shape index (κ2) is 7.28. The summed E-state index contributed by atoms with van der Waals surface area (Å²) in [4.78, 5) is 29.3. The molecular formula is H7KO4SiSr. The zero-order valence-electron chi connectivity index (χ0n) is 2.29. The quantitative estimate of drug-likeness (QED) is 0.316. The van der Waals surface area contributed by atoms with Crippen molar-refractivity contribution < 1.29 is 19.2 Å². The summed E-state index contributed by atoms with van der Waals surface area (Å²) in [5.41, 5.74) is 0. The van der Waals surface area contributed by atoms with Crippen molar-refractivity contribution in [2.45, 2.75) is 0 Å². The summed E-state index contributed by atoms with van der Waals surface area (Å²) < 4.78 is 0. The Morgan fingerprint density at radius 1 is 0.857 bits per heavy atom. The van der Waals surface area contributed by atoms with Crippen LogP contribution in [0.3, 0.4) is 0 Å². The molecule has 7 heteroatoms. The van der Waals surface area contributed by atoms with Crippen LogP contribution < -0.4 is 0 Å². The Hall–Kier alpha value is 3.17. The summed E-state index contributed by atoms with van der Waals surface area (Å²) in [5.74, 6) is 0. The van der Waals surface area contributed by atoms with E-state index in [2.05, 4.69) is 0 Å². The molecule has 0 aromatic carbocycles. The minimum atomic E-state index is -4.61. The normalized spacial score (nSPS) is 8.57. The standard InChI is InChI=1S/K.H4O4Si.Sr.3H/c;1-5(2,3)4;;;;/h;1-4H;;;;. The third kappa shape index (κ3) is 46.9. The molecule has 0 saturated carbocycles. The molecule has 7 heavy (non-hydrogen) atoms. The minimum absolute atomic E-state index is 0. The first-order valence-electron chi connectivity index (χ1n) is 0.894. The Kier molecular flexibility index (Phi) is 17.3.